The van der Waals surface area contributed by atoms with Gasteiger partial charge in [-0.2, -0.15) is 0 Å². The molecule has 0 atom stereocenters. The van der Waals surface area contributed by atoms with E-state index in [1.165, 1.54) is 82.0 Å². The predicted octanol–water partition coefficient (Wildman–Crippen LogP) is 13.8. The molecule has 1 nitrogen and oxygen atoms in total. The topological polar surface area (TPSA) is 13.1 Å². The average Bonchev–Trinajstić information content (AvgIpc) is 3.64. The third-order valence-electron chi connectivity index (χ3n) is 11.4. The zero-order chi connectivity index (χ0) is 33.1. The molecule has 0 fully saturated rings. The molecule has 1 heteroatoms. The van der Waals surface area contributed by atoms with E-state index in [-0.39, 0.29) is 5.41 Å². The molecule has 0 bridgehead atoms. The second-order valence-corrected chi connectivity index (χ2v) is 14.4. The highest BCUT2D eigenvalue weighted by Gasteiger charge is 2.37. The molecule has 0 saturated carbocycles. The minimum Gasteiger partial charge on any atom is -0.455 e. The Labute approximate surface area is 290 Å². The van der Waals surface area contributed by atoms with Crippen molar-refractivity contribution in [3.63, 3.8) is 0 Å². The van der Waals surface area contributed by atoms with Crippen molar-refractivity contribution in [1.29, 1.82) is 0 Å². The lowest BCUT2D eigenvalue weighted by Gasteiger charge is -2.24. The van der Waals surface area contributed by atoms with Crippen LogP contribution in [0, 0.1) is 0 Å². The van der Waals surface area contributed by atoms with Gasteiger partial charge in [0.2, 0.25) is 0 Å². The minimum atomic E-state index is -0.113. The molecular formula is C49H32O. The van der Waals surface area contributed by atoms with Crippen molar-refractivity contribution < 1.29 is 4.42 Å². The summed E-state index contributed by atoms with van der Waals surface area (Å²) in [7, 11) is 0. The molecule has 0 radical (unpaired) electrons. The number of rotatable bonds is 2. The number of furan rings is 1. The highest BCUT2D eigenvalue weighted by atomic mass is 16.3. The van der Waals surface area contributed by atoms with Gasteiger partial charge in [0.05, 0.1) is 0 Å². The maximum Gasteiger partial charge on any atom is 0.143 e. The largest absolute Gasteiger partial charge is 0.455 e. The zero-order valence-electron chi connectivity index (χ0n) is 27.9. The number of hydrogen-bond acceptors (Lipinski definition) is 1. The van der Waals surface area contributed by atoms with Gasteiger partial charge in [0, 0.05) is 27.3 Å². The van der Waals surface area contributed by atoms with Crippen LogP contribution in [-0.4, -0.2) is 0 Å². The Bertz CT molecular complexity index is 3010. The first-order valence-corrected chi connectivity index (χ1v) is 17.5. The second kappa shape index (κ2) is 9.94. The molecule has 0 unspecified atom stereocenters. The zero-order valence-corrected chi connectivity index (χ0v) is 27.9. The lowest BCUT2D eigenvalue weighted by Crippen LogP contribution is -2.15. The highest BCUT2D eigenvalue weighted by molar-refractivity contribution is 6.26. The molecule has 0 amide bonds. The van der Waals surface area contributed by atoms with E-state index in [1.54, 1.807) is 0 Å². The normalized spacial score (nSPS) is 13.6. The van der Waals surface area contributed by atoms with Crippen molar-refractivity contribution in [2.45, 2.75) is 19.3 Å². The molecule has 0 saturated heterocycles. The van der Waals surface area contributed by atoms with E-state index >= 15 is 0 Å². The molecule has 1 aromatic heterocycles. The van der Waals surface area contributed by atoms with Crippen molar-refractivity contribution >= 4 is 65.0 Å². The van der Waals surface area contributed by atoms with E-state index in [0.717, 1.165) is 27.5 Å². The fourth-order valence-corrected chi connectivity index (χ4v) is 9.15. The Kier molecular flexibility index (Phi) is 5.51. The third kappa shape index (κ3) is 3.62. The predicted molar refractivity (Wildman–Crippen MR) is 212 cm³/mol. The summed E-state index contributed by atoms with van der Waals surface area (Å²) in [4.78, 5) is 0. The SMILES string of the molecule is CC1(C)c2ccccc2-c2c1cc(-c1c3ccccc3c(-c3cccc4c3oc3cc5ccccc5cc34)c3ccccc13)c1ccccc21. The monoisotopic (exact) mass is 636 g/mol. The average molecular weight is 637 g/mol. The molecule has 0 aliphatic heterocycles. The standard InChI is InChI=1S/C49H32O/c1-49(2)42-25-12-11-22-38(42)47-32-17-6-5-16-31(32)41(28-43(47)49)46-35-20-9-7-18-33(35)45(34-19-8-10-21-36(34)46)39-24-13-23-37-40-26-29-14-3-4-15-30(29)27-44(40)50-48(37)39/h3-28H,1-2H3. The maximum absolute atomic E-state index is 6.82. The minimum absolute atomic E-state index is 0.113. The van der Waals surface area contributed by atoms with Crippen LogP contribution in [0.25, 0.3) is 98.4 Å². The summed E-state index contributed by atoms with van der Waals surface area (Å²) in [6.07, 6.45) is 0. The second-order valence-electron chi connectivity index (χ2n) is 14.4. The van der Waals surface area contributed by atoms with Crippen LogP contribution in [0.3, 0.4) is 0 Å². The molecule has 234 valence electrons. The number of hydrogen-bond donors (Lipinski definition) is 0. The Morgan fingerprint density at radius 1 is 0.360 bits per heavy atom. The van der Waals surface area contributed by atoms with Gasteiger partial charge in [-0.3, -0.25) is 0 Å². The van der Waals surface area contributed by atoms with Gasteiger partial charge in [-0.15, -0.1) is 0 Å². The summed E-state index contributed by atoms with van der Waals surface area (Å²) in [5.41, 5.74) is 12.2. The highest BCUT2D eigenvalue weighted by Crippen LogP contribution is 2.55. The number of para-hydroxylation sites is 1. The summed E-state index contributed by atoms with van der Waals surface area (Å²) in [5, 5.41) is 12.3. The van der Waals surface area contributed by atoms with Gasteiger partial charge in [0.1, 0.15) is 11.2 Å². The van der Waals surface area contributed by atoms with Crippen LogP contribution in [0.1, 0.15) is 25.0 Å². The Balaban J connectivity index is 1.26. The fourth-order valence-electron chi connectivity index (χ4n) is 9.15. The van der Waals surface area contributed by atoms with Crippen LogP contribution in [0.4, 0.5) is 0 Å². The van der Waals surface area contributed by atoms with Crippen LogP contribution in [-0.2, 0) is 5.41 Å². The van der Waals surface area contributed by atoms with E-state index in [0.29, 0.717) is 0 Å². The van der Waals surface area contributed by atoms with Gasteiger partial charge < -0.3 is 4.42 Å². The summed E-state index contributed by atoms with van der Waals surface area (Å²) >= 11 is 0. The summed E-state index contributed by atoms with van der Waals surface area (Å²) in [6.45, 7) is 4.76. The molecule has 11 rings (SSSR count). The number of fused-ring (bicyclic) bond motifs is 11. The first kappa shape index (κ1) is 27.7. The molecule has 10 aromatic rings. The first-order chi connectivity index (χ1) is 24.6. The summed E-state index contributed by atoms with van der Waals surface area (Å²) in [6, 6.07) is 58.1. The lowest BCUT2D eigenvalue weighted by molar-refractivity contribution is 0.661. The first-order valence-electron chi connectivity index (χ1n) is 17.5. The van der Waals surface area contributed by atoms with E-state index in [1.807, 2.05) is 0 Å². The van der Waals surface area contributed by atoms with Gasteiger partial charge in [-0.1, -0.05) is 153 Å². The van der Waals surface area contributed by atoms with E-state index in [9.17, 15) is 0 Å². The van der Waals surface area contributed by atoms with Crippen LogP contribution in [0.15, 0.2) is 162 Å². The van der Waals surface area contributed by atoms with E-state index in [4.69, 9.17) is 4.42 Å². The quantitative estimate of drug-likeness (QED) is 0.172. The van der Waals surface area contributed by atoms with Crippen molar-refractivity contribution in [3.05, 3.63) is 169 Å². The van der Waals surface area contributed by atoms with Crippen molar-refractivity contribution in [3.8, 4) is 33.4 Å². The molecule has 9 aromatic carbocycles. The Morgan fingerprint density at radius 2 is 0.860 bits per heavy atom. The maximum atomic E-state index is 6.82. The van der Waals surface area contributed by atoms with Crippen molar-refractivity contribution in [2.75, 3.05) is 0 Å². The number of benzene rings is 9. The molecular weight excluding hydrogens is 605 g/mol. The Morgan fingerprint density at radius 3 is 1.54 bits per heavy atom. The fraction of sp³-hybridized carbons (Fsp3) is 0.0612. The van der Waals surface area contributed by atoms with Crippen molar-refractivity contribution in [1.82, 2.24) is 0 Å². The molecule has 50 heavy (non-hydrogen) atoms. The molecule has 0 spiro atoms. The molecule has 1 aliphatic carbocycles. The van der Waals surface area contributed by atoms with Gasteiger partial charge >= 0.3 is 0 Å². The van der Waals surface area contributed by atoms with Crippen LogP contribution < -0.4 is 0 Å². The van der Waals surface area contributed by atoms with Gasteiger partial charge in [0.25, 0.3) is 0 Å². The summed E-state index contributed by atoms with van der Waals surface area (Å²) in [5.74, 6) is 0. The van der Waals surface area contributed by atoms with Crippen LogP contribution in [0.5, 0.6) is 0 Å². The van der Waals surface area contributed by atoms with Crippen LogP contribution >= 0.6 is 0 Å². The molecule has 1 heterocycles. The van der Waals surface area contributed by atoms with Crippen LogP contribution in [0.2, 0.25) is 0 Å². The third-order valence-corrected chi connectivity index (χ3v) is 11.4. The summed E-state index contributed by atoms with van der Waals surface area (Å²) < 4.78 is 6.82. The molecule has 1 aliphatic rings. The Hall–Kier alpha value is -6.18. The van der Waals surface area contributed by atoms with E-state index < -0.39 is 0 Å². The molecule has 0 N–H and O–H groups in total. The van der Waals surface area contributed by atoms with Gasteiger partial charge in [-0.25, -0.2) is 0 Å². The smallest absolute Gasteiger partial charge is 0.143 e. The van der Waals surface area contributed by atoms with E-state index in [2.05, 4.69) is 172 Å². The van der Waals surface area contributed by atoms with Crippen molar-refractivity contribution in [2.24, 2.45) is 0 Å². The van der Waals surface area contributed by atoms with Gasteiger partial charge in [-0.05, 0) is 94.7 Å². The van der Waals surface area contributed by atoms with Gasteiger partial charge in [0.15, 0.2) is 0 Å². The lowest BCUT2D eigenvalue weighted by atomic mass is 9.79.